The zero-order chi connectivity index (χ0) is 16.2. The summed E-state index contributed by atoms with van der Waals surface area (Å²) in [6.45, 7) is 0.372. The van der Waals surface area contributed by atoms with E-state index in [4.69, 9.17) is 14.2 Å². The molecule has 2 fully saturated rings. The fraction of sp³-hybridized carbons (Fsp3) is 0.412. The number of nitrogens with zero attached hydrogens (tertiary/aromatic N) is 1. The van der Waals surface area contributed by atoms with Crippen molar-refractivity contribution in [2.24, 2.45) is 11.8 Å². The van der Waals surface area contributed by atoms with Gasteiger partial charge in [0.15, 0.2) is 0 Å². The number of hydrogen-bond acceptors (Lipinski definition) is 5. The molecule has 0 saturated carbocycles. The molecule has 3 heterocycles. The van der Waals surface area contributed by atoms with Gasteiger partial charge in [-0.3, -0.25) is 9.59 Å². The van der Waals surface area contributed by atoms with Gasteiger partial charge in [-0.05, 0) is 12.1 Å². The van der Waals surface area contributed by atoms with Crippen LogP contribution in [0.25, 0.3) is 0 Å². The number of carbonyl (C=O) groups excluding carboxylic acids is 2. The summed E-state index contributed by atoms with van der Waals surface area (Å²) >= 11 is 0. The maximum Gasteiger partial charge on any atom is 0.312 e. The van der Waals surface area contributed by atoms with E-state index in [-0.39, 0.29) is 12.0 Å². The molecule has 2 bridgehead atoms. The number of esters is 1. The van der Waals surface area contributed by atoms with Crippen LogP contribution in [0.5, 0.6) is 5.75 Å². The largest absolute Gasteiger partial charge is 0.495 e. The summed E-state index contributed by atoms with van der Waals surface area (Å²) in [5.74, 6) is -1.05. The lowest BCUT2D eigenvalue weighted by molar-refractivity contribution is -0.149. The zero-order valence-electron chi connectivity index (χ0n) is 12.9. The van der Waals surface area contributed by atoms with E-state index in [0.717, 1.165) is 0 Å². The summed E-state index contributed by atoms with van der Waals surface area (Å²) in [5, 5.41) is 0. The first kappa shape index (κ1) is 14.3. The first-order chi connectivity index (χ1) is 11.1. The lowest BCUT2D eigenvalue weighted by atomic mass is 9.77. The maximum atomic E-state index is 13.0. The Labute approximate surface area is 133 Å². The quantitative estimate of drug-likeness (QED) is 0.618. The van der Waals surface area contributed by atoms with E-state index in [2.05, 4.69) is 0 Å². The molecule has 6 heteroatoms. The van der Waals surface area contributed by atoms with Crippen LogP contribution in [0.15, 0.2) is 36.4 Å². The van der Waals surface area contributed by atoms with Crippen molar-refractivity contribution in [1.82, 2.24) is 0 Å². The SMILES string of the molecule is COC(=O)C1[C@@H]2C=C[C@@]3(CN(c4ccccc4OC)C(=O)[C@@H]13)O2. The molecular weight excluding hydrogens is 298 g/mol. The minimum absolute atomic E-state index is 0.128. The molecule has 4 atom stereocenters. The molecular formula is C17H17NO5. The molecule has 1 aromatic rings. The van der Waals surface area contributed by atoms with E-state index >= 15 is 0 Å². The molecule has 120 valence electrons. The fourth-order valence-electron chi connectivity index (χ4n) is 3.96. The van der Waals surface area contributed by atoms with Gasteiger partial charge in [0.25, 0.3) is 0 Å². The van der Waals surface area contributed by atoms with E-state index < -0.39 is 23.4 Å². The number of anilines is 1. The highest BCUT2D eigenvalue weighted by Crippen LogP contribution is 2.53. The number of rotatable bonds is 3. The van der Waals surface area contributed by atoms with Crippen LogP contribution < -0.4 is 9.64 Å². The Balaban J connectivity index is 1.75. The summed E-state index contributed by atoms with van der Waals surface area (Å²) < 4.78 is 16.2. The Kier molecular flexibility index (Phi) is 2.99. The predicted molar refractivity (Wildman–Crippen MR) is 81.1 cm³/mol. The number of hydrogen-bond donors (Lipinski definition) is 0. The summed E-state index contributed by atoms with van der Waals surface area (Å²) in [5.41, 5.74) is -0.0607. The third-order valence-electron chi connectivity index (χ3n) is 4.95. The van der Waals surface area contributed by atoms with Gasteiger partial charge in [0.05, 0.1) is 38.5 Å². The van der Waals surface area contributed by atoms with Crippen LogP contribution in [0.1, 0.15) is 0 Å². The van der Waals surface area contributed by atoms with E-state index in [1.165, 1.54) is 7.11 Å². The molecule has 1 aromatic carbocycles. The normalized spacial score (nSPS) is 33.9. The number of carbonyl (C=O) groups is 2. The molecule has 23 heavy (non-hydrogen) atoms. The van der Waals surface area contributed by atoms with Crippen molar-refractivity contribution in [2.75, 3.05) is 25.7 Å². The van der Waals surface area contributed by atoms with Gasteiger partial charge in [0.1, 0.15) is 17.3 Å². The van der Waals surface area contributed by atoms with Gasteiger partial charge >= 0.3 is 5.97 Å². The van der Waals surface area contributed by atoms with Gasteiger partial charge in [-0.25, -0.2) is 0 Å². The van der Waals surface area contributed by atoms with Gasteiger partial charge < -0.3 is 19.1 Å². The minimum atomic E-state index is -0.749. The Morgan fingerprint density at radius 3 is 2.87 bits per heavy atom. The van der Waals surface area contributed by atoms with Crippen molar-refractivity contribution in [3.63, 3.8) is 0 Å². The van der Waals surface area contributed by atoms with Gasteiger partial charge in [0, 0.05) is 0 Å². The predicted octanol–water partition coefficient (Wildman–Crippen LogP) is 1.15. The Morgan fingerprint density at radius 2 is 2.13 bits per heavy atom. The molecule has 3 aliphatic rings. The van der Waals surface area contributed by atoms with Crippen molar-refractivity contribution in [2.45, 2.75) is 11.7 Å². The molecule has 0 aliphatic carbocycles. The average Bonchev–Trinajstić information content (AvgIpc) is 3.22. The van der Waals surface area contributed by atoms with Crippen molar-refractivity contribution >= 4 is 17.6 Å². The summed E-state index contributed by atoms with van der Waals surface area (Å²) in [6, 6.07) is 7.34. The summed E-state index contributed by atoms with van der Waals surface area (Å²) in [4.78, 5) is 26.8. The van der Waals surface area contributed by atoms with Crippen molar-refractivity contribution in [1.29, 1.82) is 0 Å². The van der Waals surface area contributed by atoms with Crippen LogP contribution in [0, 0.1) is 11.8 Å². The topological polar surface area (TPSA) is 65.1 Å². The zero-order valence-corrected chi connectivity index (χ0v) is 12.9. The van der Waals surface area contributed by atoms with Gasteiger partial charge in [0.2, 0.25) is 5.91 Å². The molecule has 1 amide bonds. The van der Waals surface area contributed by atoms with Gasteiger partial charge in [-0.1, -0.05) is 24.3 Å². The maximum absolute atomic E-state index is 13.0. The highest BCUT2D eigenvalue weighted by atomic mass is 16.5. The second-order valence-corrected chi connectivity index (χ2v) is 6.02. The second-order valence-electron chi connectivity index (χ2n) is 6.02. The monoisotopic (exact) mass is 315 g/mol. The fourth-order valence-corrected chi connectivity index (χ4v) is 3.96. The molecule has 4 rings (SSSR count). The minimum Gasteiger partial charge on any atom is -0.495 e. The van der Waals surface area contributed by atoms with E-state index in [0.29, 0.717) is 18.0 Å². The lowest BCUT2D eigenvalue weighted by Crippen LogP contribution is -2.39. The van der Waals surface area contributed by atoms with Crippen LogP contribution in [-0.4, -0.2) is 44.3 Å². The van der Waals surface area contributed by atoms with E-state index in [1.54, 1.807) is 18.1 Å². The summed E-state index contributed by atoms with van der Waals surface area (Å²) in [6.07, 6.45) is 3.39. The Hall–Kier alpha value is -2.34. The number of ether oxygens (including phenoxy) is 3. The molecule has 0 N–H and O–H groups in total. The third kappa shape index (κ3) is 1.78. The number of benzene rings is 1. The lowest BCUT2D eigenvalue weighted by Gasteiger charge is -2.22. The van der Waals surface area contributed by atoms with Crippen LogP contribution >= 0.6 is 0 Å². The number of amides is 1. The highest BCUT2D eigenvalue weighted by molar-refractivity contribution is 6.03. The number of para-hydroxylation sites is 2. The second kappa shape index (κ2) is 4.83. The van der Waals surface area contributed by atoms with E-state index in [9.17, 15) is 9.59 Å². The van der Waals surface area contributed by atoms with Crippen LogP contribution in [0.3, 0.4) is 0 Å². The van der Waals surface area contributed by atoms with Crippen LogP contribution in [0.2, 0.25) is 0 Å². The van der Waals surface area contributed by atoms with Gasteiger partial charge in [-0.2, -0.15) is 0 Å². The molecule has 2 saturated heterocycles. The number of methoxy groups -OCH3 is 2. The Morgan fingerprint density at radius 1 is 1.35 bits per heavy atom. The first-order valence-electron chi connectivity index (χ1n) is 7.51. The molecule has 1 spiro atoms. The van der Waals surface area contributed by atoms with Crippen LogP contribution in [-0.2, 0) is 19.1 Å². The number of fused-ring (bicyclic) bond motifs is 1. The van der Waals surface area contributed by atoms with Crippen molar-refractivity contribution in [3.8, 4) is 5.75 Å². The third-order valence-corrected chi connectivity index (χ3v) is 4.95. The van der Waals surface area contributed by atoms with Crippen molar-refractivity contribution < 1.29 is 23.8 Å². The molecule has 3 aliphatic heterocycles. The van der Waals surface area contributed by atoms with Crippen LogP contribution in [0.4, 0.5) is 5.69 Å². The van der Waals surface area contributed by atoms with Crippen molar-refractivity contribution in [3.05, 3.63) is 36.4 Å². The standard InChI is InChI=1S/C17H17NO5/c1-21-11-6-4-3-5-10(11)18-9-17-8-7-12(23-17)13(16(20)22-2)14(17)15(18)19/h3-8,12-14H,9H2,1-2H3/t12-,13?,14+,17-/m0/s1. The smallest absolute Gasteiger partial charge is 0.312 e. The molecule has 0 radical (unpaired) electrons. The molecule has 0 aromatic heterocycles. The molecule has 1 unspecified atom stereocenters. The average molecular weight is 315 g/mol. The Bertz CT molecular complexity index is 715. The van der Waals surface area contributed by atoms with E-state index in [1.807, 2.05) is 30.4 Å². The van der Waals surface area contributed by atoms with Gasteiger partial charge in [-0.15, -0.1) is 0 Å². The highest BCUT2D eigenvalue weighted by Gasteiger charge is 2.67. The first-order valence-corrected chi connectivity index (χ1v) is 7.51. The summed E-state index contributed by atoms with van der Waals surface area (Å²) in [7, 11) is 2.90. The molecule has 6 nitrogen and oxygen atoms in total.